The maximum Gasteiger partial charge on any atom is 0.137 e. The molecular formula is C15H11BrFNO. The topological polar surface area (TPSA) is 33.0 Å². The lowest BCUT2D eigenvalue weighted by molar-refractivity contribution is 0.304. The van der Waals surface area contributed by atoms with Crippen LogP contribution in [0, 0.1) is 17.1 Å². The lowest BCUT2D eigenvalue weighted by Gasteiger charge is -2.08. The zero-order valence-electron chi connectivity index (χ0n) is 10.1. The fraction of sp³-hybridized carbons (Fsp3) is 0.133. The summed E-state index contributed by atoms with van der Waals surface area (Å²) < 4.78 is 19.3. The molecule has 0 unspecified atom stereocenters. The van der Waals surface area contributed by atoms with Crippen LogP contribution in [0.25, 0.3) is 0 Å². The van der Waals surface area contributed by atoms with Crippen molar-refractivity contribution in [2.45, 2.75) is 13.0 Å². The summed E-state index contributed by atoms with van der Waals surface area (Å²) in [5.74, 6) is 0.392. The van der Waals surface area contributed by atoms with E-state index in [2.05, 4.69) is 22.0 Å². The summed E-state index contributed by atoms with van der Waals surface area (Å²) in [6.45, 7) is 0.288. The third-order valence-corrected chi connectivity index (χ3v) is 3.52. The minimum absolute atomic E-state index is 0.288. The Balaban J connectivity index is 2.02. The van der Waals surface area contributed by atoms with E-state index in [1.54, 1.807) is 24.3 Å². The molecule has 4 heteroatoms. The molecule has 0 bridgehead atoms. The van der Waals surface area contributed by atoms with Crippen LogP contribution in [0.5, 0.6) is 5.75 Å². The first kappa shape index (κ1) is 13.6. The van der Waals surface area contributed by atoms with E-state index in [0.717, 1.165) is 11.1 Å². The van der Waals surface area contributed by atoms with Crippen molar-refractivity contribution in [1.82, 2.24) is 0 Å². The predicted octanol–water partition coefficient (Wildman–Crippen LogP) is 4.23. The maximum atomic E-state index is 13.3. The van der Waals surface area contributed by atoms with Crippen LogP contribution in [0.4, 0.5) is 4.39 Å². The monoisotopic (exact) mass is 319 g/mol. The van der Waals surface area contributed by atoms with Gasteiger partial charge in [-0.3, -0.25) is 0 Å². The molecule has 0 aliphatic rings. The van der Waals surface area contributed by atoms with Crippen LogP contribution < -0.4 is 4.74 Å². The zero-order valence-corrected chi connectivity index (χ0v) is 11.7. The van der Waals surface area contributed by atoms with Gasteiger partial charge in [0.25, 0.3) is 0 Å². The van der Waals surface area contributed by atoms with E-state index < -0.39 is 0 Å². The number of hydrogen-bond donors (Lipinski definition) is 0. The Morgan fingerprint density at radius 1 is 1.16 bits per heavy atom. The molecule has 0 fully saturated rings. The molecule has 0 aliphatic carbocycles. The second-order valence-electron chi connectivity index (χ2n) is 3.98. The fourth-order valence-corrected chi connectivity index (χ4v) is 1.99. The largest absolute Gasteiger partial charge is 0.489 e. The minimum Gasteiger partial charge on any atom is -0.489 e. The first-order valence-corrected chi connectivity index (χ1v) is 6.51. The molecule has 2 nitrogen and oxygen atoms in total. The Kier molecular flexibility index (Phi) is 4.53. The lowest BCUT2D eigenvalue weighted by Crippen LogP contribution is -1.97. The average Bonchev–Trinajstić information content (AvgIpc) is 2.42. The Hall–Kier alpha value is -1.86. The van der Waals surface area contributed by atoms with Crippen LogP contribution in [0.1, 0.15) is 11.1 Å². The SMILES string of the molecule is N#CCc1ccc(OCc2cccc(F)c2Br)cc1. The summed E-state index contributed by atoms with van der Waals surface area (Å²) in [6.07, 6.45) is 0.385. The summed E-state index contributed by atoms with van der Waals surface area (Å²) in [7, 11) is 0. The van der Waals surface area contributed by atoms with Crippen LogP contribution in [0.15, 0.2) is 46.9 Å². The normalized spacial score (nSPS) is 9.95. The molecule has 0 saturated carbocycles. The van der Waals surface area contributed by atoms with Gasteiger partial charge in [0.05, 0.1) is 17.0 Å². The summed E-state index contributed by atoms with van der Waals surface area (Å²) in [5.41, 5.74) is 1.70. The highest BCUT2D eigenvalue weighted by molar-refractivity contribution is 9.10. The van der Waals surface area contributed by atoms with E-state index in [0.29, 0.717) is 16.6 Å². The zero-order chi connectivity index (χ0) is 13.7. The van der Waals surface area contributed by atoms with E-state index in [1.807, 2.05) is 12.1 Å². The van der Waals surface area contributed by atoms with Crippen LogP contribution in [-0.4, -0.2) is 0 Å². The van der Waals surface area contributed by atoms with Gasteiger partial charge < -0.3 is 4.74 Å². The Labute approximate surface area is 119 Å². The van der Waals surface area contributed by atoms with E-state index in [9.17, 15) is 4.39 Å². The van der Waals surface area contributed by atoms with E-state index in [1.165, 1.54) is 6.07 Å². The van der Waals surface area contributed by atoms with Crippen LogP contribution >= 0.6 is 15.9 Å². The molecule has 0 saturated heterocycles. The van der Waals surface area contributed by atoms with Crippen molar-refractivity contribution >= 4 is 15.9 Å². The number of benzene rings is 2. The molecule has 96 valence electrons. The molecule has 2 aromatic carbocycles. The molecule has 2 rings (SSSR count). The summed E-state index contributed by atoms with van der Waals surface area (Å²) >= 11 is 3.19. The highest BCUT2D eigenvalue weighted by Crippen LogP contribution is 2.22. The number of halogens is 2. The second kappa shape index (κ2) is 6.35. The molecule has 0 atom stereocenters. The first-order chi connectivity index (χ1) is 9.20. The van der Waals surface area contributed by atoms with Gasteiger partial charge in [0.1, 0.15) is 18.2 Å². The van der Waals surface area contributed by atoms with E-state index in [4.69, 9.17) is 10.00 Å². The van der Waals surface area contributed by atoms with Crippen molar-refractivity contribution in [3.63, 3.8) is 0 Å². The number of nitriles is 1. The van der Waals surface area contributed by atoms with Crippen LogP contribution in [0.3, 0.4) is 0 Å². The molecule has 0 amide bonds. The van der Waals surface area contributed by atoms with Gasteiger partial charge in [-0.1, -0.05) is 24.3 Å². The van der Waals surface area contributed by atoms with E-state index in [-0.39, 0.29) is 12.4 Å². The molecule has 19 heavy (non-hydrogen) atoms. The van der Waals surface area contributed by atoms with Crippen molar-refractivity contribution in [1.29, 1.82) is 5.26 Å². The van der Waals surface area contributed by atoms with Gasteiger partial charge in [-0.25, -0.2) is 4.39 Å². The summed E-state index contributed by atoms with van der Waals surface area (Å²) in [4.78, 5) is 0. The van der Waals surface area contributed by atoms with Gasteiger partial charge in [0.2, 0.25) is 0 Å². The average molecular weight is 320 g/mol. The first-order valence-electron chi connectivity index (χ1n) is 5.72. The van der Waals surface area contributed by atoms with E-state index >= 15 is 0 Å². The Morgan fingerprint density at radius 3 is 2.58 bits per heavy atom. The minimum atomic E-state index is -0.300. The smallest absolute Gasteiger partial charge is 0.137 e. The van der Waals surface area contributed by atoms with Crippen LogP contribution in [-0.2, 0) is 13.0 Å². The standard InChI is InChI=1S/C15H11BrFNO/c16-15-12(2-1-3-14(15)17)10-19-13-6-4-11(5-7-13)8-9-18/h1-7H,8,10H2. The van der Waals surface area contributed by atoms with Crippen molar-refractivity contribution < 1.29 is 9.13 Å². The molecule has 0 heterocycles. The molecule has 0 radical (unpaired) electrons. The summed E-state index contributed by atoms with van der Waals surface area (Å²) in [6, 6.07) is 14.2. The van der Waals surface area contributed by atoms with Gasteiger partial charge in [0, 0.05) is 5.56 Å². The van der Waals surface area contributed by atoms with Crippen molar-refractivity contribution in [2.75, 3.05) is 0 Å². The van der Waals surface area contributed by atoms with Crippen molar-refractivity contribution in [2.24, 2.45) is 0 Å². The molecule has 0 N–H and O–H groups in total. The fourth-order valence-electron chi connectivity index (χ4n) is 1.62. The Morgan fingerprint density at radius 2 is 1.89 bits per heavy atom. The number of hydrogen-bond acceptors (Lipinski definition) is 2. The number of nitrogens with zero attached hydrogens (tertiary/aromatic N) is 1. The van der Waals surface area contributed by atoms with Gasteiger partial charge in [-0.2, -0.15) is 5.26 Å². The van der Waals surface area contributed by atoms with Gasteiger partial charge in [-0.05, 0) is 39.7 Å². The highest BCUT2D eigenvalue weighted by atomic mass is 79.9. The van der Waals surface area contributed by atoms with Crippen molar-refractivity contribution in [3.05, 3.63) is 63.9 Å². The predicted molar refractivity (Wildman–Crippen MR) is 74.2 cm³/mol. The molecule has 0 aromatic heterocycles. The third-order valence-electron chi connectivity index (χ3n) is 2.63. The summed E-state index contributed by atoms with van der Waals surface area (Å²) in [5, 5.41) is 8.58. The van der Waals surface area contributed by atoms with Crippen molar-refractivity contribution in [3.8, 4) is 11.8 Å². The molecule has 2 aromatic rings. The number of ether oxygens (including phenoxy) is 1. The van der Waals surface area contributed by atoms with Gasteiger partial charge in [-0.15, -0.1) is 0 Å². The molecule has 0 aliphatic heterocycles. The molecular weight excluding hydrogens is 309 g/mol. The second-order valence-corrected chi connectivity index (χ2v) is 4.77. The quantitative estimate of drug-likeness (QED) is 0.844. The molecule has 0 spiro atoms. The maximum absolute atomic E-state index is 13.3. The Bertz CT molecular complexity index is 605. The number of rotatable bonds is 4. The van der Waals surface area contributed by atoms with Crippen LogP contribution in [0.2, 0.25) is 0 Å². The third kappa shape index (κ3) is 3.55. The lowest BCUT2D eigenvalue weighted by atomic mass is 10.2. The highest BCUT2D eigenvalue weighted by Gasteiger charge is 2.05. The van der Waals surface area contributed by atoms with Gasteiger partial charge >= 0.3 is 0 Å². The van der Waals surface area contributed by atoms with Gasteiger partial charge in [0.15, 0.2) is 0 Å².